The molecule has 22 heavy (non-hydrogen) atoms. The summed E-state index contributed by atoms with van der Waals surface area (Å²) in [4.78, 5) is -1.06. The highest BCUT2D eigenvalue weighted by molar-refractivity contribution is 7.90. The van der Waals surface area contributed by atoms with E-state index in [0.717, 1.165) is 7.05 Å². The van der Waals surface area contributed by atoms with Crippen LogP contribution < -0.4 is 0 Å². The summed E-state index contributed by atoms with van der Waals surface area (Å²) in [5.74, 6) is -1.53. The standard InChI is InChI=1S/C10H8F5N3O3S/c1-18-8(10(13,14)15)7(3-16-18)22(19,20)4-5-2-6(9(11)12)17-21-5/h2-3,9H,4H2,1H3. The van der Waals surface area contributed by atoms with Gasteiger partial charge in [-0.05, 0) is 0 Å². The Kier molecular flexibility index (Phi) is 3.98. The van der Waals surface area contributed by atoms with E-state index in [1.807, 2.05) is 0 Å². The van der Waals surface area contributed by atoms with Crippen LogP contribution in [-0.4, -0.2) is 23.4 Å². The van der Waals surface area contributed by atoms with E-state index in [-0.39, 0.29) is 0 Å². The van der Waals surface area contributed by atoms with E-state index in [4.69, 9.17) is 0 Å². The van der Waals surface area contributed by atoms with Crippen molar-refractivity contribution in [3.05, 3.63) is 29.4 Å². The summed E-state index contributed by atoms with van der Waals surface area (Å²) in [5.41, 5.74) is -2.26. The molecule has 0 saturated carbocycles. The van der Waals surface area contributed by atoms with Crippen molar-refractivity contribution >= 4 is 9.84 Å². The van der Waals surface area contributed by atoms with Gasteiger partial charge in [-0.2, -0.15) is 18.3 Å². The number of aryl methyl sites for hydroxylation is 1. The monoisotopic (exact) mass is 345 g/mol. The summed E-state index contributed by atoms with van der Waals surface area (Å²) >= 11 is 0. The number of aromatic nitrogens is 3. The molecular formula is C10H8F5N3O3S. The smallest absolute Gasteiger partial charge is 0.360 e. The molecule has 0 aliphatic heterocycles. The highest BCUT2D eigenvalue weighted by atomic mass is 32.2. The molecule has 0 fully saturated rings. The lowest BCUT2D eigenvalue weighted by Gasteiger charge is -2.09. The molecular weight excluding hydrogens is 337 g/mol. The molecule has 12 heteroatoms. The first kappa shape index (κ1) is 16.4. The van der Waals surface area contributed by atoms with Crippen molar-refractivity contribution in [3.63, 3.8) is 0 Å². The molecule has 122 valence electrons. The maximum atomic E-state index is 12.9. The summed E-state index contributed by atoms with van der Waals surface area (Å²) in [5, 5.41) is 6.21. The molecule has 0 bridgehead atoms. The second-order valence-corrected chi connectivity index (χ2v) is 6.21. The molecule has 0 unspecified atom stereocenters. The Morgan fingerprint density at radius 3 is 2.50 bits per heavy atom. The van der Waals surface area contributed by atoms with Crippen LogP contribution >= 0.6 is 0 Å². The van der Waals surface area contributed by atoms with Crippen molar-refractivity contribution in [3.8, 4) is 0 Å². The van der Waals surface area contributed by atoms with Crippen LogP contribution in [-0.2, 0) is 28.8 Å². The fourth-order valence-corrected chi connectivity index (χ4v) is 3.15. The highest BCUT2D eigenvalue weighted by Crippen LogP contribution is 2.35. The Morgan fingerprint density at radius 1 is 1.36 bits per heavy atom. The van der Waals surface area contributed by atoms with Crippen LogP contribution in [0, 0.1) is 0 Å². The second kappa shape index (κ2) is 5.34. The lowest BCUT2D eigenvalue weighted by molar-refractivity contribution is -0.146. The molecule has 2 heterocycles. The van der Waals surface area contributed by atoms with Gasteiger partial charge in [0.25, 0.3) is 6.43 Å². The van der Waals surface area contributed by atoms with Crippen LogP contribution in [0.3, 0.4) is 0 Å². The van der Waals surface area contributed by atoms with Gasteiger partial charge in [0.05, 0.1) is 6.20 Å². The highest BCUT2D eigenvalue weighted by Gasteiger charge is 2.41. The summed E-state index contributed by atoms with van der Waals surface area (Å²) in [6, 6.07) is 0.672. The van der Waals surface area contributed by atoms with Gasteiger partial charge in [0.2, 0.25) is 0 Å². The number of sulfone groups is 1. The van der Waals surface area contributed by atoms with E-state index >= 15 is 0 Å². The molecule has 2 rings (SSSR count). The summed E-state index contributed by atoms with van der Waals surface area (Å²) in [6.45, 7) is 0. The molecule has 0 aliphatic rings. The van der Waals surface area contributed by atoms with E-state index in [1.165, 1.54) is 0 Å². The predicted octanol–water partition coefficient (Wildman–Crippen LogP) is 2.34. The molecule has 0 aromatic carbocycles. The van der Waals surface area contributed by atoms with Crippen molar-refractivity contribution in [1.29, 1.82) is 0 Å². The van der Waals surface area contributed by atoms with Crippen molar-refractivity contribution in [2.75, 3.05) is 0 Å². The number of hydrogen-bond acceptors (Lipinski definition) is 5. The fraction of sp³-hybridized carbons (Fsp3) is 0.400. The quantitative estimate of drug-likeness (QED) is 0.795. The first-order valence-electron chi connectivity index (χ1n) is 5.58. The molecule has 0 saturated heterocycles. The third-order valence-corrected chi connectivity index (χ3v) is 4.28. The normalized spacial score (nSPS) is 13.0. The van der Waals surface area contributed by atoms with Gasteiger partial charge < -0.3 is 4.52 Å². The van der Waals surface area contributed by atoms with Gasteiger partial charge in [-0.1, -0.05) is 5.16 Å². The number of nitrogens with zero attached hydrogens (tertiary/aromatic N) is 3. The van der Waals surface area contributed by atoms with E-state index in [1.54, 1.807) is 0 Å². The van der Waals surface area contributed by atoms with Crippen molar-refractivity contribution in [2.45, 2.75) is 23.3 Å². The van der Waals surface area contributed by atoms with Crippen LogP contribution in [0.2, 0.25) is 0 Å². The SMILES string of the molecule is Cn1ncc(S(=O)(=O)Cc2cc(C(F)F)no2)c1C(F)(F)F. The number of alkyl halides is 5. The van der Waals surface area contributed by atoms with Crippen LogP contribution in [0.15, 0.2) is 21.7 Å². The Balaban J connectivity index is 2.39. The van der Waals surface area contributed by atoms with E-state index in [2.05, 4.69) is 14.8 Å². The Labute approximate surface area is 120 Å². The third-order valence-electron chi connectivity index (χ3n) is 2.64. The zero-order valence-electron chi connectivity index (χ0n) is 10.8. The zero-order valence-corrected chi connectivity index (χ0v) is 11.6. The predicted molar refractivity (Wildman–Crippen MR) is 60.6 cm³/mol. The topological polar surface area (TPSA) is 78.0 Å². The van der Waals surface area contributed by atoms with Gasteiger partial charge in [-0.25, -0.2) is 17.2 Å². The molecule has 6 nitrogen and oxygen atoms in total. The third kappa shape index (κ3) is 3.10. The number of rotatable bonds is 4. The molecule has 0 atom stereocenters. The van der Waals surface area contributed by atoms with Crippen LogP contribution in [0.25, 0.3) is 0 Å². The summed E-state index contributed by atoms with van der Waals surface area (Å²) < 4.78 is 92.1. The molecule has 0 N–H and O–H groups in total. The van der Waals surface area contributed by atoms with Gasteiger partial charge in [0, 0.05) is 13.1 Å². The average Bonchev–Trinajstić information content (AvgIpc) is 2.94. The molecule has 0 spiro atoms. The van der Waals surface area contributed by atoms with Gasteiger partial charge in [-0.15, -0.1) is 0 Å². The van der Waals surface area contributed by atoms with Gasteiger partial charge >= 0.3 is 6.18 Å². The zero-order chi connectivity index (χ0) is 16.7. The molecule has 2 aromatic rings. The molecule has 2 aromatic heterocycles. The van der Waals surface area contributed by atoms with E-state index in [9.17, 15) is 30.4 Å². The van der Waals surface area contributed by atoms with Crippen molar-refractivity contribution in [1.82, 2.24) is 14.9 Å². The lowest BCUT2D eigenvalue weighted by Crippen LogP contribution is -2.17. The number of halogens is 5. The summed E-state index contributed by atoms with van der Waals surface area (Å²) in [6.07, 6.45) is -7.38. The Bertz CT molecular complexity index is 778. The van der Waals surface area contributed by atoms with Crippen LogP contribution in [0.5, 0.6) is 0 Å². The van der Waals surface area contributed by atoms with Crippen molar-refractivity contribution in [2.24, 2.45) is 7.05 Å². The number of hydrogen-bond donors (Lipinski definition) is 0. The van der Waals surface area contributed by atoms with Gasteiger partial charge in [0.1, 0.15) is 16.3 Å². The van der Waals surface area contributed by atoms with Crippen molar-refractivity contribution < 1.29 is 34.9 Å². The Morgan fingerprint density at radius 2 is 2.00 bits per heavy atom. The first-order valence-corrected chi connectivity index (χ1v) is 7.23. The second-order valence-electron chi connectivity index (χ2n) is 4.26. The lowest BCUT2D eigenvalue weighted by atomic mass is 10.4. The molecule has 0 aliphatic carbocycles. The largest absolute Gasteiger partial charge is 0.434 e. The van der Waals surface area contributed by atoms with E-state index in [0.29, 0.717) is 16.9 Å². The maximum absolute atomic E-state index is 12.9. The van der Waals surface area contributed by atoms with Crippen LogP contribution in [0.4, 0.5) is 22.0 Å². The maximum Gasteiger partial charge on any atom is 0.434 e. The minimum absolute atomic E-state index is 0.373. The summed E-state index contributed by atoms with van der Waals surface area (Å²) in [7, 11) is -3.56. The minimum Gasteiger partial charge on any atom is -0.360 e. The Hall–Kier alpha value is -1.98. The minimum atomic E-state index is -4.94. The van der Waals surface area contributed by atoms with Gasteiger partial charge in [-0.3, -0.25) is 4.68 Å². The first-order chi connectivity index (χ1) is 10.0. The average molecular weight is 345 g/mol. The van der Waals surface area contributed by atoms with Crippen LogP contribution in [0.1, 0.15) is 23.6 Å². The fourth-order valence-electron chi connectivity index (χ4n) is 1.73. The van der Waals surface area contributed by atoms with E-state index < -0.39 is 50.2 Å². The molecule has 0 radical (unpaired) electrons. The molecule has 0 amide bonds. The van der Waals surface area contributed by atoms with Gasteiger partial charge in [0.15, 0.2) is 21.3 Å².